The van der Waals surface area contributed by atoms with E-state index in [9.17, 15) is 9.90 Å². The molecule has 2 aromatic carbocycles. The maximum Gasteiger partial charge on any atom is 0.255 e. The zero-order valence-electron chi connectivity index (χ0n) is 17.0. The predicted molar refractivity (Wildman–Crippen MR) is 113 cm³/mol. The smallest absolute Gasteiger partial charge is 0.255 e. The van der Waals surface area contributed by atoms with Gasteiger partial charge >= 0.3 is 0 Å². The molecular formula is C23H31N3O2. The summed E-state index contributed by atoms with van der Waals surface area (Å²) in [6.45, 7) is 9.66. The lowest BCUT2D eigenvalue weighted by atomic mass is 9.87. The standard InChI is InChI=1S/C23H31N3O2/c1-23(2,3)18-7-4-16(5-8-18)13-26-22(28)20-12-17(6-9-21(20)27)14-25-19-10-11-24-15-19/h4-9,12,19,24-25,27H,10-11,13-15H2,1-3H3,(H,26,28). The van der Waals surface area contributed by atoms with Gasteiger partial charge in [-0.3, -0.25) is 4.79 Å². The average molecular weight is 382 g/mol. The molecule has 0 bridgehead atoms. The number of benzene rings is 2. The van der Waals surface area contributed by atoms with E-state index in [1.165, 1.54) is 5.56 Å². The van der Waals surface area contributed by atoms with Crippen molar-refractivity contribution in [3.05, 3.63) is 64.7 Å². The van der Waals surface area contributed by atoms with Gasteiger partial charge in [0.05, 0.1) is 5.56 Å². The molecule has 5 nitrogen and oxygen atoms in total. The maximum absolute atomic E-state index is 12.6. The lowest BCUT2D eigenvalue weighted by Crippen LogP contribution is -2.30. The molecule has 4 N–H and O–H groups in total. The number of amides is 1. The average Bonchev–Trinajstić information content (AvgIpc) is 3.18. The van der Waals surface area contributed by atoms with Crippen molar-refractivity contribution in [2.24, 2.45) is 0 Å². The zero-order chi connectivity index (χ0) is 20.1. The molecule has 1 aliphatic heterocycles. The molecule has 0 saturated carbocycles. The van der Waals surface area contributed by atoms with Gasteiger partial charge in [-0.1, -0.05) is 51.1 Å². The molecule has 1 saturated heterocycles. The van der Waals surface area contributed by atoms with Crippen LogP contribution in [0.3, 0.4) is 0 Å². The number of nitrogens with one attached hydrogen (secondary N) is 3. The molecule has 1 heterocycles. The van der Waals surface area contributed by atoms with Crippen LogP contribution < -0.4 is 16.0 Å². The van der Waals surface area contributed by atoms with Crippen LogP contribution in [0.4, 0.5) is 0 Å². The summed E-state index contributed by atoms with van der Waals surface area (Å²) in [5.74, 6) is -0.256. The van der Waals surface area contributed by atoms with Crippen LogP contribution in [0.15, 0.2) is 42.5 Å². The molecule has 0 radical (unpaired) electrons. The van der Waals surface area contributed by atoms with Crippen molar-refractivity contribution in [3.8, 4) is 5.75 Å². The second-order valence-corrected chi connectivity index (χ2v) is 8.55. The molecule has 1 aliphatic rings. The summed E-state index contributed by atoms with van der Waals surface area (Å²) in [4.78, 5) is 12.6. The van der Waals surface area contributed by atoms with Crippen molar-refractivity contribution in [1.29, 1.82) is 0 Å². The highest BCUT2D eigenvalue weighted by atomic mass is 16.3. The Morgan fingerprint density at radius 3 is 2.46 bits per heavy atom. The fourth-order valence-corrected chi connectivity index (χ4v) is 3.37. The Bertz CT molecular complexity index is 804. The van der Waals surface area contributed by atoms with E-state index in [1.807, 2.05) is 18.2 Å². The topological polar surface area (TPSA) is 73.4 Å². The predicted octanol–water partition coefficient (Wildman–Crippen LogP) is 3.07. The summed E-state index contributed by atoms with van der Waals surface area (Å²) in [7, 11) is 0. The van der Waals surface area contributed by atoms with E-state index in [1.54, 1.807) is 12.1 Å². The number of phenolic OH excluding ortho intramolecular Hbond substituents is 1. The molecule has 0 aromatic heterocycles. The van der Waals surface area contributed by atoms with Gasteiger partial charge in [0.2, 0.25) is 0 Å². The monoisotopic (exact) mass is 381 g/mol. The lowest BCUT2D eigenvalue weighted by molar-refractivity contribution is 0.0948. The molecule has 150 valence electrons. The first-order valence-electron chi connectivity index (χ1n) is 9.96. The Balaban J connectivity index is 1.59. The zero-order valence-corrected chi connectivity index (χ0v) is 17.0. The summed E-state index contributed by atoms with van der Waals surface area (Å²) in [6.07, 6.45) is 1.11. The van der Waals surface area contributed by atoms with Crippen LogP contribution in [0.2, 0.25) is 0 Å². The molecule has 28 heavy (non-hydrogen) atoms. The van der Waals surface area contributed by atoms with Crippen molar-refractivity contribution in [1.82, 2.24) is 16.0 Å². The van der Waals surface area contributed by atoms with Gasteiger partial charge in [-0.05, 0) is 47.2 Å². The number of hydrogen-bond acceptors (Lipinski definition) is 4. The van der Waals surface area contributed by atoms with Gasteiger partial charge in [-0.2, -0.15) is 0 Å². The van der Waals surface area contributed by atoms with Crippen LogP contribution in [0.1, 0.15) is 54.2 Å². The second kappa shape index (κ2) is 8.76. The molecule has 0 spiro atoms. The Labute approximate surface area is 167 Å². The number of carbonyl (C=O) groups excluding carboxylic acids is 1. The first kappa shape index (κ1) is 20.4. The largest absolute Gasteiger partial charge is 0.507 e. The van der Waals surface area contributed by atoms with Crippen molar-refractivity contribution in [2.75, 3.05) is 13.1 Å². The van der Waals surface area contributed by atoms with Gasteiger partial charge in [0.1, 0.15) is 5.75 Å². The molecule has 3 rings (SSSR count). The summed E-state index contributed by atoms with van der Waals surface area (Å²) in [5, 5.41) is 19.8. The second-order valence-electron chi connectivity index (χ2n) is 8.55. The number of rotatable bonds is 6. The SMILES string of the molecule is CC(C)(C)c1ccc(CNC(=O)c2cc(CNC3CCNC3)ccc2O)cc1. The van der Waals surface area contributed by atoms with Gasteiger partial charge in [-0.15, -0.1) is 0 Å². The first-order chi connectivity index (χ1) is 13.3. The van der Waals surface area contributed by atoms with Crippen molar-refractivity contribution in [2.45, 2.75) is 51.7 Å². The van der Waals surface area contributed by atoms with E-state index >= 15 is 0 Å². The Hall–Kier alpha value is -2.37. The number of hydrogen-bond donors (Lipinski definition) is 4. The van der Waals surface area contributed by atoms with Crippen LogP contribution in [-0.4, -0.2) is 30.1 Å². The Kier molecular flexibility index (Phi) is 6.37. The van der Waals surface area contributed by atoms with Gasteiger partial charge in [0, 0.05) is 25.7 Å². The van der Waals surface area contributed by atoms with Crippen LogP contribution >= 0.6 is 0 Å². The fourth-order valence-electron chi connectivity index (χ4n) is 3.37. The van der Waals surface area contributed by atoms with Gasteiger partial charge in [-0.25, -0.2) is 0 Å². The van der Waals surface area contributed by atoms with E-state index in [4.69, 9.17) is 0 Å². The Morgan fingerprint density at radius 2 is 1.82 bits per heavy atom. The minimum Gasteiger partial charge on any atom is -0.507 e. The fraction of sp³-hybridized carbons (Fsp3) is 0.435. The third kappa shape index (κ3) is 5.33. The van der Waals surface area contributed by atoms with Gasteiger partial charge in [0.25, 0.3) is 5.91 Å². The third-order valence-electron chi connectivity index (χ3n) is 5.23. The highest BCUT2D eigenvalue weighted by molar-refractivity contribution is 5.96. The minimum absolute atomic E-state index is 0.00636. The molecule has 2 aromatic rings. The summed E-state index contributed by atoms with van der Waals surface area (Å²) in [5.41, 5.74) is 3.71. The van der Waals surface area contributed by atoms with Crippen molar-refractivity contribution in [3.63, 3.8) is 0 Å². The van der Waals surface area contributed by atoms with E-state index < -0.39 is 0 Å². The highest BCUT2D eigenvalue weighted by Gasteiger charge is 2.16. The first-order valence-corrected chi connectivity index (χ1v) is 9.96. The number of carbonyl (C=O) groups is 1. The van der Waals surface area contributed by atoms with Crippen LogP contribution in [0.5, 0.6) is 5.75 Å². The molecule has 1 fully saturated rings. The van der Waals surface area contributed by atoms with E-state index in [2.05, 4.69) is 48.9 Å². The van der Waals surface area contributed by atoms with Crippen LogP contribution in [0.25, 0.3) is 0 Å². The van der Waals surface area contributed by atoms with Gasteiger partial charge in [0.15, 0.2) is 0 Å². The molecule has 1 amide bonds. The van der Waals surface area contributed by atoms with Gasteiger partial charge < -0.3 is 21.1 Å². The normalized spacial score (nSPS) is 16.9. The minimum atomic E-state index is -0.262. The quantitative estimate of drug-likeness (QED) is 0.621. The molecular weight excluding hydrogens is 350 g/mol. The highest BCUT2D eigenvalue weighted by Crippen LogP contribution is 2.22. The van der Waals surface area contributed by atoms with E-state index in [-0.39, 0.29) is 17.1 Å². The third-order valence-corrected chi connectivity index (χ3v) is 5.23. The maximum atomic E-state index is 12.6. The lowest BCUT2D eigenvalue weighted by Gasteiger charge is -2.19. The van der Waals surface area contributed by atoms with E-state index in [0.717, 1.165) is 30.6 Å². The van der Waals surface area contributed by atoms with Crippen molar-refractivity contribution >= 4 is 5.91 Å². The van der Waals surface area contributed by atoms with Crippen LogP contribution in [0, 0.1) is 0 Å². The number of phenols is 1. The summed E-state index contributed by atoms with van der Waals surface area (Å²) >= 11 is 0. The summed E-state index contributed by atoms with van der Waals surface area (Å²) < 4.78 is 0. The number of aromatic hydroxyl groups is 1. The molecule has 1 atom stereocenters. The van der Waals surface area contributed by atoms with Crippen LogP contribution in [-0.2, 0) is 18.5 Å². The van der Waals surface area contributed by atoms with E-state index in [0.29, 0.717) is 24.7 Å². The molecule has 5 heteroatoms. The Morgan fingerprint density at radius 1 is 1.11 bits per heavy atom. The molecule has 0 aliphatic carbocycles. The summed E-state index contributed by atoms with van der Waals surface area (Å²) in [6, 6.07) is 14.0. The molecule has 1 unspecified atom stereocenters. The van der Waals surface area contributed by atoms with Crippen molar-refractivity contribution < 1.29 is 9.90 Å².